The molecule has 0 fully saturated rings. The Kier molecular flexibility index (Phi) is 4.00. The van der Waals surface area contributed by atoms with Gasteiger partial charge in [-0.05, 0) is 52.5 Å². The Morgan fingerprint density at radius 3 is 1.81 bits per heavy atom. The Hall–Kier alpha value is -2.72. The number of imide groups is 1. The Balaban J connectivity index is 2.06. The average molecular weight is 406 g/mol. The van der Waals surface area contributed by atoms with Crippen molar-refractivity contribution in [2.75, 3.05) is 0 Å². The molecule has 2 amide bonds. The Bertz CT molecular complexity index is 1050. The highest BCUT2D eigenvalue weighted by molar-refractivity contribution is 9.10. The zero-order valence-electron chi connectivity index (χ0n) is 14.4. The summed E-state index contributed by atoms with van der Waals surface area (Å²) in [6.07, 6.45) is 0. The summed E-state index contributed by atoms with van der Waals surface area (Å²) in [6.45, 7) is 4.07. The smallest absolute Gasteiger partial charge is 0.260 e. The van der Waals surface area contributed by atoms with Crippen LogP contribution in [0.2, 0.25) is 0 Å². The molecule has 0 radical (unpaired) electrons. The van der Waals surface area contributed by atoms with Gasteiger partial charge in [0.2, 0.25) is 0 Å². The van der Waals surface area contributed by atoms with Gasteiger partial charge in [-0.25, -0.2) is 0 Å². The number of rotatable bonds is 2. The molecule has 26 heavy (non-hydrogen) atoms. The fourth-order valence-corrected chi connectivity index (χ4v) is 4.08. The van der Waals surface area contributed by atoms with Gasteiger partial charge in [-0.15, -0.1) is 0 Å². The van der Waals surface area contributed by atoms with E-state index in [1.165, 1.54) is 5.56 Å². The average Bonchev–Trinajstić information content (AvgIpc) is 2.91. The van der Waals surface area contributed by atoms with E-state index in [0.29, 0.717) is 15.6 Å². The lowest BCUT2D eigenvalue weighted by molar-refractivity contribution is 0.0879. The van der Waals surface area contributed by atoms with Crippen LogP contribution in [0, 0.1) is 13.8 Å². The van der Waals surface area contributed by atoms with Gasteiger partial charge in [-0.1, -0.05) is 59.7 Å². The molecule has 1 heterocycles. The molecule has 0 saturated carbocycles. The van der Waals surface area contributed by atoms with Gasteiger partial charge in [0.25, 0.3) is 11.8 Å². The fourth-order valence-electron chi connectivity index (χ4n) is 3.25. The molecule has 0 bridgehead atoms. The normalized spacial score (nSPS) is 12.9. The molecule has 0 saturated heterocycles. The van der Waals surface area contributed by atoms with Crippen molar-refractivity contribution in [3.8, 4) is 22.3 Å². The summed E-state index contributed by atoms with van der Waals surface area (Å²) >= 11 is 3.60. The minimum Gasteiger partial charge on any atom is -0.288 e. The van der Waals surface area contributed by atoms with E-state index in [9.17, 15) is 9.59 Å². The molecule has 0 unspecified atom stereocenters. The van der Waals surface area contributed by atoms with Crippen molar-refractivity contribution in [2.45, 2.75) is 13.8 Å². The number of halogens is 1. The first-order valence-corrected chi connectivity index (χ1v) is 9.11. The highest BCUT2D eigenvalue weighted by Gasteiger charge is 2.32. The first-order valence-electron chi connectivity index (χ1n) is 8.32. The molecule has 3 nitrogen and oxygen atoms in total. The topological polar surface area (TPSA) is 46.2 Å². The van der Waals surface area contributed by atoms with Crippen molar-refractivity contribution >= 4 is 27.7 Å². The standard InChI is InChI=1S/C22H16BrNO2/c1-12-3-7-14(8-4-12)16-11-17-19(22(26)24-21(17)25)20(23)18(16)15-9-5-13(2)6-10-15/h3-11H,1-2H3,(H,24,25,26). The van der Waals surface area contributed by atoms with Crippen LogP contribution >= 0.6 is 15.9 Å². The van der Waals surface area contributed by atoms with Gasteiger partial charge in [0, 0.05) is 10.0 Å². The zero-order chi connectivity index (χ0) is 18.4. The molecule has 1 aliphatic rings. The molecule has 128 valence electrons. The van der Waals surface area contributed by atoms with Crippen LogP contribution in [0.3, 0.4) is 0 Å². The van der Waals surface area contributed by atoms with Crippen molar-refractivity contribution < 1.29 is 9.59 Å². The summed E-state index contributed by atoms with van der Waals surface area (Å²) in [4.78, 5) is 24.5. The molecular formula is C22H16BrNO2. The lowest BCUT2D eigenvalue weighted by atomic mass is 9.90. The molecule has 0 spiro atoms. The van der Waals surface area contributed by atoms with Gasteiger partial charge in [0.15, 0.2) is 0 Å². The third-order valence-corrected chi connectivity index (χ3v) is 5.46. The lowest BCUT2D eigenvalue weighted by Crippen LogP contribution is -2.20. The SMILES string of the molecule is Cc1ccc(-c2cc3c(c(Br)c2-c2ccc(C)cc2)C(=O)NC3=O)cc1. The monoisotopic (exact) mass is 405 g/mol. The molecule has 4 heteroatoms. The first kappa shape index (κ1) is 16.7. The maximum Gasteiger partial charge on any atom is 0.260 e. The van der Waals surface area contributed by atoms with E-state index in [2.05, 4.69) is 21.2 Å². The predicted octanol–water partition coefficient (Wildman–Crippen LogP) is 5.28. The van der Waals surface area contributed by atoms with E-state index in [4.69, 9.17) is 0 Å². The summed E-state index contributed by atoms with van der Waals surface area (Å²) < 4.78 is 0.651. The summed E-state index contributed by atoms with van der Waals surface area (Å²) in [5.41, 5.74) is 6.97. The minimum absolute atomic E-state index is 0.352. The molecule has 0 aromatic heterocycles. The molecule has 3 aromatic rings. The first-order chi connectivity index (χ1) is 12.5. The largest absolute Gasteiger partial charge is 0.288 e. The molecule has 0 aliphatic carbocycles. The van der Waals surface area contributed by atoms with Crippen LogP contribution in [0.25, 0.3) is 22.3 Å². The van der Waals surface area contributed by atoms with Gasteiger partial charge in [-0.2, -0.15) is 0 Å². The molecular weight excluding hydrogens is 390 g/mol. The van der Waals surface area contributed by atoms with Gasteiger partial charge in [0.1, 0.15) is 0 Å². The number of fused-ring (bicyclic) bond motifs is 1. The van der Waals surface area contributed by atoms with Gasteiger partial charge in [-0.3, -0.25) is 14.9 Å². The van der Waals surface area contributed by atoms with Crippen molar-refractivity contribution in [3.63, 3.8) is 0 Å². The maximum absolute atomic E-state index is 12.3. The van der Waals surface area contributed by atoms with E-state index in [-0.39, 0.29) is 11.8 Å². The summed E-state index contributed by atoms with van der Waals surface area (Å²) in [6, 6.07) is 18.1. The van der Waals surface area contributed by atoms with E-state index >= 15 is 0 Å². The molecule has 4 rings (SSSR count). The highest BCUT2D eigenvalue weighted by atomic mass is 79.9. The number of hydrogen-bond acceptors (Lipinski definition) is 2. The number of hydrogen-bond donors (Lipinski definition) is 1. The highest BCUT2D eigenvalue weighted by Crippen LogP contribution is 2.42. The fraction of sp³-hybridized carbons (Fsp3) is 0.0909. The second kappa shape index (κ2) is 6.22. The summed E-state index contributed by atoms with van der Waals surface area (Å²) in [7, 11) is 0. The van der Waals surface area contributed by atoms with Crippen LogP contribution in [0.4, 0.5) is 0 Å². The third kappa shape index (κ3) is 2.67. The second-order valence-corrected chi connectivity index (χ2v) is 7.34. The van der Waals surface area contributed by atoms with E-state index in [0.717, 1.165) is 27.8 Å². The minimum atomic E-state index is -0.360. The number of benzene rings is 3. The number of carbonyl (C=O) groups is 2. The predicted molar refractivity (Wildman–Crippen MR) is 106 cm³/mol. The van der Waals surface area contributed by atoms with Crippen molar-refractivity contribution in [1.82, 2.24) is 5.32 Å². The van der Waals surface area contributed by atoms with Crippen LogP contribution in [0.1, 0.15) is 31.8 Å². The van der Waals surface area contributed by atoms with Crippen LogP contribution in [0.5, 0.6) is 0 Å². The molecule has 0 atom stereocenters. The van der Waals surface area contributed by atoms with Gasteiger partial charge >= 0.3 is 0 Å². The molecule has 1 N–H and O–H groups in total. The Morgan fingerprint density at radius 2 is 1.23 bits per heavy atom. The van der Waals surface area contributed by atoms with Crippen LogP contribution in [-0.2, 0) is 0 Å². The number of nitrogens with one attached hydrogen (secondary N) is 1. The maximum atomic E-state index is 12.3. The Labute approximate surface area is 160 Å². The molecule has 3 aromatic carbocycles. The van der Waals surface area contributed by atoms with Crippen LogP contribution < -0.4 is 5.32 Å². The number of amides is 2. The quantitative estimate of drug-likeness (QED) is 0.589. The van der Waals surface area contributed by atoms with Gasteiger partial charge < -0.3 is 0 Å². The Morgan fingerprint density at radius 1 is 0.692 bits per heavy atom. The van der Waals surface area contributed by atoms with E-state index in [1.807, 2.05) is 68.4 Å². The summed E-state index contributed by atoms with van der Waals surface area (Å²) in [5.74, 6) is -0.713. The van der Waals surface area contributed by atoms with Gasteiger partial charge in [0.05, 0.1) is 11.1 Å². The second-order valence-electron chi connectivity index (χ2n) is 6.55. The van der Waals surface area contributed by atoms with Crippen LogP contribution in [0.15, 0.2) is 59.1 Å². The van der Waals surface area contributed by atoms with Crippen molar-refractivity contribution in [2.24, 2.45) is 0 Å². The lowest BCUT2D eigenvalue weighted by Gasteiger charge is -2.15. The van der Waals surface area contributed by atoms with E-state index < -0.39 is 0 Å². The summed E-state index contributed by atoms with van der Waals surface area (Å²) in [5, 5.41) is 2.39. The van der Waals surface area contributed by atoms with Crippen molar-refractivity contribution in [3.05, 3.63) is 81.3 Å². The number of carbonyl (C=O) groups excluding carboxylic acids is 2. The number of aryl methyl sites for hydroxylation is 2. The zero-order valence-corrected chi connectivity index (χ0v) is 16.0. The van der Waals surface area contributed by atoms with Crippen molar-refractivity contribution in [1.29, 1.82) is 0 Å². The third-order valence-electron chi connectivity index (χ3n) is 4.67. The van der Waals surface area contributed by atoms with E-state index in [1.54, 1.807) is 0 Å². The molecule has 1 aliphatic heterocycles. The van der Waals surface area contributed by atoms with Crippen LogP contribution in [-0.4, -0.2) is 11.8 Å².